The Morgan fingerprint density at radius 1 is 1.29 bits per heavy atom. The van der Waals surface area contributed by atoms with Crippen molar-refractivity contribution < 1.29 is 0 Å². The summed E-state index contributed by atoms with van der Waals surface area (Å²) in [5.74, 6) is 1.13. The largest absolute Gasteiger partial charge is 0.382 e. The summed E-state index contributed by atoms with van der Waals surface area (Å²) in [6.45, 7) is 10.6. The number of imidazole rings is 1. The Labute approximate surface area is 101 Å². The first-order chi connectivity index (χ1) is 7.80. The van der Waals surface area contributed by atoms with Crippen LogP contribution in [0.4, 0.5) is 5.82 Å². The Morgan fingerprint density at radius 3 is 2.53 bits per heavy atom. The van der Waals surface area contributed by atoms with Crippen LogP contribution in [0.25, 0.3) is 11.2 Å². The van der Waals surface area contributed by atoms with E-state index in [0.29, 0.717) is 23.2 Å². The van der Waals surface area contributed by atoms with Crippen LogP contribution in [0.1, 0.15) is 39.6 Å². The van der Waals surface area contributed by atoms with E-state index in [2.05, 4.69) is 47.2 Å². The lowest BCUT2D eigenvalue weighted by molar-refractivity contribution is 0.266. The molecule has 0 saturated carbocycles. The Bertz CT molecular complexity index is 550. The SMILES string of the molecule is Cc1nc(N)c2ncn(C(C)C(C)(C)C)c2n1. The summed E-state index contributed by atoms with van der Waals surface area (Å²) in [5.41, 5.74) is 7.50. The maximum Gasteiger partial charge on any atom is 0.166 e. The molecule has 0 aromatic carbocycles. The molecule has 2 aromatic heterocycles. The van der Waals surface area contributed by atoms with Gasteiger partial charge >= 0.3 is 0 Å². The van der Waals surface area contributed by atoms with Gasteiger partial charge in [0.2, 0.25) is 0 Å². The minimum Gasteiger partial charge on any atom is -0.382 e. The van der Waals surface area contributed by atoms with Crippen LogP contribution in [0.15, 0.2) is 6.33 Å². The van der Waals surface area contributed by atoms with E-state index in [0.717, 1.165) is 5.65 Å². The van der Waals surface area contributed by atoms with E-state index in [1.165, 1.54) is 0 Å². The number of aromatic nitrogens is 4. The Kier molecular flexibility index (Phi) is 2.56. The van der Waals surface area contributed by atoms with E-state index >= 15 is 0 Å². The van der Waals surface area contributed by atoms with Crippen LogP contribution in [0, 0.1) is 12.3 Å². The average Bonchev–Trinajstić information content (AvgIpc) is 2.58. The van der Waals surface area contributed by atoms with Crippen LogP contribution in [0.2, 0.25) is 0 Å². The third-order valence-corrected chi connectivity index (χ3v) is 3.23. The topological polar surface area (TPSA) is 69.6 Å². The van der Waals surface area contributed by atoms with Crippen LogP contribution in [-0.4, -0.2) is 19.5 Å². The van der Waals surface area contributed by atoms with Gasteiger partial charge in [0, 0.05) is 6.04 Å². The van der Waals surface area contributed by atoms with Gasteiger partial charge in [0.1, 0.15) is 11.3 Å². The number of hydrogen-bond acceptors (Lipinski definition) is 4. The van der Waals surface area contributed by atoms with Crippen molar-refractivity contribution in [2.24, 2.45) is 5.41 Å². The van der Waals surface area contributed by atoms with Gasteiger partial charge < -0.3 is 10.3 Å². The van der Waals surface area contributed by atoms with Gasteiger partial charge in [0.15, 0.2) is 11.5 Å². The molecule has 2 heterocycles. The highest BCUT2D eigenvalue weighted by Crippen LogP contribution is 2.32. The molecule has 0 aliphatic heterocycles. The van der Waals surface area contributed by atoms with Gasteiger partial charge in [-0.05, 0) is 19.3 Å². The molecule has 5 nitrogen and oxygen atoms in total. The fourth-order valence-corrected chi connectivity index (χ4v) is 1.75. The number of anilines is 1. The second kappa shape index (κ2) is 3.68. The number of nitrogens with zero attached hydrogens (tertiary/aromatic N) is 4. The molecule has 2 aromatic rings. The van der Waals surface area contributed by atoms with Gasteiger partial charge in [-0.3, -0.25) is 0 Å². The molecule has 0 radical (unpaired) electrons. The minimum atomic E-state index is 0.140. The van der Waals surface area contributed by atoms with Crippen LogP contribution < -0.4 is 5.73 Å². The third-order valence-electron chi connectivity index (χ3n) is 3.23. The van der Waals surface area contributed by atoms with E-state index in [4.69, 9.17) is 5.73 Å². The molecule has 0 aliphatic carbocycles. The summed E-state index contributed by atoms with van der Waals surface area (Å²) in [7, 11) is 0. The van der Waals surface area contributed by atoms with E-state index in [-0.39, 0.29) is 5.41 Å². The summed E-state index contributed by atoms with van der Waals surface area (Å²) in [6, 6.07) is 0.293. The van der Waals surface area contributed by atoms with Crippen LogP contribution >= 0.6 is 0 Å². The summed E-state index contributed by atoms with van der Waals surface area (Å²) < 4.78 is 2.07. The molecule has 0 bridgehead atoms. The molecule has 0 fully saturated rings. The molecule has 17 heavy (non-hydrogen) atoms. The zero-order chi connectivity index (χ0) is 12.8. The lowest BCUT2D eigenvalue weighted by Crippen LogP contribution is -2.21. The van der Waals surface area contributed by atoms with Crippen LogP contribution in [0.5, 0.6) is 0 Å². The highest BCUT2D eigenvalue weighted by molar-refractivity contribution is 5.81. The van der Waals surface area contributed by atoms with Crippen molar-refractivity contribution in [2.45, 2.75) is 40.7 Å². The van der Waals surface area contributed by atoms with Gasteiger partial charge in [-0.1, -0.05) is 20.8 Å². The average molecular weight is 233 g/mol. The van der Waals surface area contributed by atoms with Gasteiger partial charge in [-0.15, -0.1) is 0 Å². The van der Waals surface area contributed by atoms with Crippen molar-refractivity contribution in [1.29, 1.82) is 0 Å². The number of nitrogen functional groups attached to an aromatic ring is 1. The highest BCUT2D eigenvalue weighted by atomic mass is 15.2. The molecule has 2 N–H and O–H groups in total. The summed E-state index contributed by atoms with van der Waals surface area (Å²) in [6.07, 6.45) is 1.80. The van der Waals surface area contributed by atoms with E-state index < -0.39 is 0 Å². The predicted octanol–water partition coefficient (Wildman–Crippen LogP) is 2.32. The van der Waals surface area contributed by atoms with Crippen LogP contribution in [-0.2, 0) is 0 Å². The maximum absolute atomic E-state index is 5.85. The fraction of sp³-hybridized carbons (Fsp3) is 0.583. The summed E-state index contributed by atoms with van der Waals surface area (Å²) in [4.78, 5) is 12.9. The fourth-order valence-electron chi connectivity index (χ4n) is 1.75. The molecule has 92 valence electrons. The zero-order valence-electron chi connectivity index (χ0n) is 11.0. The molecular formula is C12H19N5. The smallest absolute Gasteiger partial charge is 0.166 e. The Balaban J connectivity index is 2.64. The highest BCUT2D eigenvalue weighted by Gasteiger charge is 2.24. The molecule has 0 spiro atoms. The number of rotatable bonds is 1. The van der Waals surface area contributed by atoms with E-state index in [1.807, 2.05) is 6.92 Å². The van der Waals surface area contributed by atoms with Crippen molar-refractivity contribution in [1.82, 2.24) is 19.5 Å². The summed E-state index contributed by atoms with van der Waals surface area (Å²) >= 11 is 0. The standard InChI is InChI=1S/C12H19N5/c1-7(12(3,4)5)17-6-14-9-10(13)15-8(2)16-11(9)17/h6-7H,1-5H3,(H2,13,15,16). The second-order valence-corrected chi connectivity index (χ2v) is 5.52. The van der Waals surface area contributed by atoms with Crippen LogP contribution in [0.3, 0.4) is 0 Å². The molecule has 5 heteroatoms. The molecule has 0 amide bonds. The van der Waals surface area contributed by atoms with Gasteiger partial charge in [-0.2, -0.15) is 0 Å². The quantitative estimate of drug-likeness (QED) is 0.820. The van der Waals surface area contributed by atoms with E-state index in [9.17, 15) is 0 Å². The molecule has 1 atom stereocenters. The monoisotopic (exact) mass is 233 g/mol. The Hall–Kier alpha value is -1.65. The number of hydrogen-bond donors (Lipinski definition) is 1. The first kappa shape index (κ1) is 11.8. The van der Waals surface area contributed by atoms with Crippen molar-refractivity contribution in [3.63, 3.8) is 0 Å². The van der Waals surface area contributed by atoms with Crippen molar-refractivity contribution in [3.8, 4) is 0 Å². The summed E-state index contributed by atoms with van der Waals surface area (Å²) in [5, 5.41) is 0. The van der Waals surface area contributed by atoms with Gasteiger partial charge in [-0.25, -0.2) is 15.0 Å². The first-order valence-corrected chi connectivity index (χ1v) is 5.77. The predicted molar refractivity (Wildman–Crippen MR) is 68.6 cm³/mol. The maximum atomic E-state index is 5.85. The zero-order valence-corrected chi connectivity index (χ0v) is 11.0. The van der Waals surface area contributed by atoms with Crippen molar-refractivity contribution in [2.75, 3.05) is 5.73 Å². The Morgan fingerprint density at radius 2 is 1.94 bits per heavy atom. The molecule has 1 unspecified atom stereocenters. The van der Waals surface area contributed by atoms with Crippen molar-refractivity contribution >= 4 is 17.0 Å². The minimum absolute atomic E-state index is 0.140. The lowest BCUT2D eigenvalue weighted by Gasteiger charge is -2.28. The van der Waals surface area contributed by atoms with Crippen molar-refractivity contribution in [3.05, 3.63) is 12.2 Å². The normalized spacial score (nSPS) is 14.2. The molecule has 0 aliphatic rings. The third kappa shape index (κ3) is 1.97. The number of aryl methyl sites for hydroxylation is 1. The molecule has 0 saturated heterocycles. The molecule has 2 rings (SSSR count). The lowest BCUT2D eigenvalue weighted by atomic mass is 9.88. The first-order valence-electron chi connectivity index (χ1n) is 5.77. The number of nitrogens with two attached hydrogens (primary N) is 1. The van der Waals surface area contributed by atoms with E-state index in [1.54, 1.807) is 6.33 Å². The second-order valence-electron chi connectivity index (χ2n) is 5.52. The molecular weight excluding hydrogens is 214 g/mol. The number of fused-ring (bicyclic) bond motifs is 1. The van der Waals surface area contributed by atoms with Gasteiger partial charge in [0.05, 0.1) is 6.33 Å². The van der Waals surface area contributed by atoms with Gasteiger partial charge in [0.25, 0.3) is 0 Å².